The van der Waals surface area contributed by atoms with Crippen LogP contribution in [0.1, 0.15) is 81.8 Å². The van der Waals surface area contributed by atoms with E-state index in [-0.39, 0.29) is 17.4 Å². The zero-order valence-corrected chi connectivity index (χ0v) is 43.4. The zero-order valence-electron chi connectivity index (χ0n) is 41.9. The van der Waals surface area contributed by atoms with E-state index in [0.29, 0.717) is 83.3 Å². The van der Waals surface area contributed by atoms with Crippen molar-refractivity contribution in [3.8, 4) is 45.4 Å². The highest BCUT2D eigenvalue weighted by molar-refractivity contribution is 6.31. The number of carboxylic acid groups (broad SMARTS) is 1. The summed E-state index contributed by atoms with van der Waals surface area (Å²) in [5.41, 5.74) is 10.4. The number of halogens is 2. The van der Waals surface area contributed by atoms with Crippen molar-refractivity contribution in [2.45, 2.75) is 65.6 Å². The minimum absolute atomic E-state index is 0.00984. The molecule has 382 valence electrons. The summed E-state index contributed by atoms with van der Waals surface area (Å²) in [6.07, 6.45) is 4.49. The molecule has 6 aromatic carbocycles. The number of esters is 1. The normalized spacial score (nSPS) is 13.5. The quantitative estimate of drug-likeness (QED) is 0.107. The fraction of sp³-hybridized carbons (Fsp3) is 0.213. The molecule has 8 aromatic rings. The average molecular weight is 1040 g/mol. The first-order valence-electron chi connectivity index (χ1n) is 24.9. The molecule has 75 heavy (non-hydrogen) atoms. The Bertz CT molecular complexity index is 3390. The molecular weight excluding hydrogens is 988 g/mol. The number of aromatic carboxylic acids is 1. The highest BCUT2D eigenvalue weighted by atomic mass is 35.5. The number of hydrogen-bond donors (Lipinski definition) is 1. The van der Waals surface area contributed by atoms with Crippen LogP contribution in [0.15, 0.2) is 158 Å². The Labute approximate surface area is 446 Å². The summed E-state index contributed by atoms with van der Waals surface area (Å²) in [4.78, 5) is 53.5. The number of benzene rings is 6. The maximum atomic E-state index is 12.7. The number of hydrogen-bond acceptors (Lipinski definition) is 7. The second-order valence-corrected chi connectivity index (χ2v) is 19.4. The highest BCUT2D eigenvalue weighted by Crippen LogP contribution is 2.39. The Kier molecular flexibility index (Phi) is 16.2. The van der Waals surface area contributed by atoms with Crippen molar-refractivity contribution in [2.75, 3.05) is 30.0 Å². The number of carboxylic acids is 1. The van der Waals surface area contributed by atoms with E-state index < -0.39 is 11.9 Å². The summed E-state index contributed by atoms with van der Waals surface area (Å²) in [5, 5.41) is 11.0. The molecule has 0 saturated carbocycles. The maximum Gasteiger partial charge on any atom is 0.337 e. The predicted octanol–water partition coefficient (Wildman–Crippen LogP) is 13.9. The third kappa shape index (κ3) is 12.0. The van der Waals surface area contributed by atoms with Gasteiger partial charge in [-0.05, 0) is 148 Å². The molecule has 2 amide bonds. The number of rotatable bonds is 14. The van der Waals surface area contributed by atoms with Crippen LogP contribution in [-0.4, -0.2) is 58.2 Å². The van der Waals surface area contributed by atoms with Gasteiger partial charge in [0.05, 0.1) is 29.6 Å². The Morgan fingerprint density at radius 1 is 0.520 bits per heavy atom. The molecule has 12 nitrogen and oxygen atoms in total. The summed E-state index contributed by atoms with van der Waals surface area (Å²) in [5.74, 6) is -0.0931. The van der Waals surface area contributed by atoms with Crippen LogP contribution in [0.2, 0.25) is 10.0 Å². The molecule has 0 atom stereocenters. The molecule has 2 aliphatic heterocycles. The number of carbonyl (C=O) groups is 4. The van der Waals surface area contributed by atoms with E-state index in [1.807, 2.05) is 150 Å². The molecule has 0 radical (unpaired) electrons. The van der Waals surface area contributed by atoms with Crippen molar-refractivity contribution in [2.24, 2.45) is 0 Å². The van der Waals surface area contributed by atoms with Gasteiger partial charge in [0.1, 0.15) is 24.7 Å². The molecule has 0 spiro atoms. The van der Waals surface area contributed by atoms with Gasteiger partial charge in [-0.15, -0.1) is 0 Å². The van der Waals surface area contributed by atoms with E-state index in [9.17, 15) is 24.3 Å². The standard InChI is InChI=1S/C31H29ClN2O4.C30H27ClN2O4/c1-21-11-13-28(27-18-24(32)12-14-29(27)38-20-22-8-4-3-5-9-22)34(21)26-17-23(31(36)37-2)16-25(19-26)33-15-7-6-10-30(33)35;1-20-10-12-27(26-17-23(31)11-13-28(26)37-19-21-7-3-2-4-8-21)33(20)25-16-22(30(35)36)15-24(18-25)32-14-6-5-9-29(32)34/h3-5,8-9,11-14,16-19H,6-7,10,15,20H2,1-2H3;2-4,7-8,10-13,15-18H,5-6,9,14,19H2,1H3,(H,35,36). The summed E-state index contributed by atoms with van der Waals surface area (Å²) >= 11 is 12.9. The third-order valence-electron chi connectivity index (χ3n) is 13.3. The van der Waals surface area contributed by atoms with Crippen molar-refractivity contribution in [3.05, 3.63) is 201 Å². The van der Waals surface area contributed by atoms with Gasteiger partial charge in [0.2, 0.25) is 11.8 Å². The number of carbonyl (C=O) groups excluding carboxylic acids is 3. The zero-order chi connectivity index (χ0) is 52.6. The molecule has 0 unspecified atom stereocenters. The fourth-order valence-electron chi connectivity index (χ4n) is 9.59. The van der Waals surface area contributed by atoms with Crippen LogP contribution in [0, 0.1) is 13.8 Å². The Morgan fingerprint density at radius 3 is 1.37 bits per heavy atom. The van der Waals surface area contributed by atoms with Crippen LogP contribution in [-0.2, 0) is 27.5 Å². The third-order valence-corrected chi connectivity index (χ3v) is 13.8. The van der Waals surface area contributed by atoms with Gasteiger partial charge in [-0.25, -0.2) is 9.59 Å². The number of aryl methyl sites for hydroxylation is 2. The van der Waals surface area contributed by atoms with E-state index in [4.69, 9.17) is 37.4 Å². The van der Waals surface area contributed by atoms with E-state index in [2.05, 4.69) is 0 Å². The fourth-order valence-corrected chi connectivity index (χ4v) is 9.93. The molecule has 1 N–H and O–H groups in total. The van der Waals surface area contributed by atoms with Crippen LogP contribution >= 0.6 is 23.2 Å². The lowest BCUT2D eigenvalue weighted by atomic mass is 10.1. The number of amides is 2. The second kappa shape index (κ2) is 23.4. The number of piperidine rings is 2. The minimum atomic E-state index is -1.05. The van der Waals surface area contributed by atoms with Crippen molar-refractivity contribution in [1.29, 1.82) is 0 Å². The molecule has 10 rings (SSSR count). The van der Waals surface area contributed by atoms with Gasteiger partial charge in [0, 0.05) is 81.2 Å². The molecule has 14 heteroatoms. The molecule has 4 heterocycles. The van der Waals surface area contributed by atoms with Gasteiger partial charge in [-0.3, -0.25) is 9.59 Å². The van der Waals surface area contributed by atoms with E-state index in [1.54, 1.807) is 40.1 Å². The molecule has 2 aromatic heterocycles. The largest absolute Gasteiger partial charge is 0.488 e. The first-order valence-corrected chi connectivity index (χ1v) is 25.6. The van der Waals surface area contributed by atoms with Crippen LogP contribution in [0.25, 0.3) is 33.9 Å². The monoisotopic (exact) mass is 1040 g/mol. The van der Waals surface area contributed by atoms with Gasteiger partial charge < -0.3 is 38.3 Å². The van der Waals surface area contributed by atoms with Crippen LogP contribution < -0.4 is 19.3 Å². The molecular formula is C61H56Cl2N4O8. The van der Waals surface area contributed by atoms with Crippen molar-refractivity contribution < 1.29 is 38.5 Å². The van der Waals surface area contributed by atoms with Gasteiger partial charge in [-0.2, -0.15) is 0 Å². The van der Waals surface area contributed by atoms with Gasteiger partial charge >= 0.3 is 11.9 Å². The Morgan fingerprint density at radius 2 is 0.947 bits per heavy atom. The molecule has 0 bridgehead atoms. The van der Waals surface area contributed by atoms with Crippen molar-refractivity contribution in [3.63, 3.8) is 0 Å². The number of methoxy groups -OCH3 is 1. The first-order chi connectivity index (χ1) is 36.3. The van der Waals surface area contributed by atoms with Crippen molar-refractivity contribution >= 4 is 58.3 Å². The van der Waals surface area contributed by atoms with E-state index >= 15 is 0 Å². The molecule has 2 saturated heterocycles. The van der Waals surface area contributed by atoms with Gasteiger partial charge in [-0.1, -0.05) is 83.9 Å². The predicted molar refractivity (Wildman–Crippen MR) is 294 cm³/mol. The topological polar surface area (TPSA) is 133 Å². The second-order valence-electron chi connectivity index (χ2n) is 18.5. The lowest BCUT2D eigenvalue weighted by Crippen LogP contribution is -2.35. The van der Waals surface area contributed by atoms with Crippen molar-refractivity contribution in [1.82, 2.24) is 9.13 Å². The average Bonchev–Trinajstić information content (AvgIpc) is 4.04. The first kappa shape index (κ1) is 51.8. The van der Waals surface area contributed by atoms with Crippen LogP contribution in [0.4, 0.5) is 11.4 Å². The summed E-state index contributed by atoms with van der Waals surface area (Å²) in [6, 6.07) is 49.4. The molecule has 2 fully saturated rings. The number of ether oxygens (including phenoxy) is 3. The lowest BCUT2D eigenvalue weighted by molar-refractivity contribution is -0.120. The summed E-state index contributed by atoms with van der Waals surface area (Å²) < 4.78 is 21.5. The Balaban J connectivity index is 0.000000184. The van der Waals surface area contributed by atoms with E-state index in [0.717, 1.165) is 76.4 Å². The molecule has 0 aliphatic carbocycles. The SMILES string of the molecule is COC(=O)c1cc(N2CCCCC2=O)cc(-n2c(C)ccc2-c2cc(Cl)ccc2OCc2ccccc2)c1.Cc1ccc(-c2cc(Cl)ccc2OCc2ccccc2)n1-c1cc(C(=O)O)cc(N2CCCCC2=O)c1. The van der Waals surface area contributed by atoms with Crippen LogP contribution in [0.3, 0.4) is 0 Å². The van der Waals surface area contributed by atoms with Crippen LogP contribution in [0.5, 0.6) is 11.5 Å². The summed E-state index contributed by atoms with van der Waals surface area (Å²) in [6.45, 7) is 5.95. The number of anilines is 2. The lowest BCUT2D eigenvalue weighted by Gasteiger charge is -2.28. The highest BCUT2D eigenvalue weighted by Gasteiger charge is 2.26. The summed E-state index contributed by atoms with van der Waals surface area (Å²) in [7, 11) is 1.36. The van der Waals surface area contributed by atoms with Gasteiger partial charge in [0.25, 0.3) is 0 Å². The smallest absolute Gasteiger partial charge is 0.337 e. The number of aromatic nitrogens is 2. The van der Waals surface area contributed by atoms with E-state index in [1.165, 1.54) is 7.11 Å². The van der Waals surface area contributed by atoms with Gasteiger partial charge in [0.15, 0.2) is 0 Å². The maximum absolute atomic E-state index is 12.7. The minimum Gasteiger partial charge on any atom is -0.488 e. The number of nitrogens with zero attached hydrogens (tertiary/aromatic N) is 4. The molecule has 2 aliphatic rings. The Hall–Kier alpha value is -8.06.